The normalized spacial score (nSPS) is 17.4. The summed E-state index contributed by atoms with van der Waals surface area (Å²) in [5, 5.41) is 1.88. The number of sulfonamides is 1. The SMILES string of the molecule is O=S(=O)(c1cc(Cl)c(Cl)cc1Cl)N1CCN(c2ccc(Cl)cc2Cl)C(c2ccc(Cl)cc2)C1. The lowest BCUT2D eigenvalue weighted by atomic mass is 10.0. The van der Waals surface area contributed by atoms with Gasteiger partial charge in [0.2, 0.25) is 10.0 Å². The first-order chi connectivity index (χ1) is 15.6. The van der Waals surface area contributed by atoms with Crippen LogP contribution in [-0.4, -0.2) is 32.4 Å². The first-order valence-corrected chi connectivity index (χ1v) is 13.4. The fourth-order valence-electron chi connectivity index (χ4n) is 3.79. The summed E-state index contributed by atoms with van der Waals surface area (Å²) in [6.45, 7) is 0.744. The third-order valence-corrected chi connectivity index (χ3v) is 9.25. The van der Waals surface area contributed by atoms with E-state index >= 15 is 0 Å². The van der Waals surface area contributed by atoms with Gasteiger partial charge in [0.25, 0.3) is 0 Å². The molecule has 1 aliphatic rings. The van der Waals surface area contributed by atoms with Crippen molar-refractivity contribution in [1.82, 2.24) is 4.31 Å². The molecule has 174 valence electrons. The Morgan fingerprint density at radius 3 is 2.00 bits per heavy atom. The van der Waals surface area contributed by atoms with E-state index in [1.54, 1.807) is 24.3 Å². The summed E-state index contributed by atoms with van der Waals surface area (Å²) in [5.74, 6) is 0. The van der Waals surface area contributed by atoms with Crippen molar-refractivity contribution in [3.63, 3.8) is 0 Å². The Morgan fingerprint density at radius 2 is 1.33 bits per heavy atom. The number of hydrogen-bond acceptors (Lipinski definition) is 3. The zero-order valence-electron chi connectivity index (χ0n) is 16.8. The molecule has 0 bridgehead atoms. The quantitative estimate of drug-likeness (QED) is 0.293. The van der Waals surface area contributed by atoms with Gasteiger partial charge in [-0.1, -0.05) is 81.7 Å². The van der Waals surface area contributed by atoms with Crippen LogP contribution in [0, 0.1) is 0 Å². The molecule has 0 spiro atoms. The molecule has 33 heavy (non-hydrogen) atoms. The molecule has 11 heteroatoms. The monoisotopic (exact) mass is 582 g/mol. The summed E-state index contributed by atoms with van der Waals surface area (Å²) in [7, 11) is -3.95. The van der Waals surface area contributed by atoms with Gasteiger partial charge in [0.1, 0.15) is 4.90 Å². The summed E-state index contributed by atoms with van der Waals surface area (Å²) in [6, 6.07) is 14.8. The van der Waals surface area contributed by atoms with E-state index in [0.29, 0.717) is 21.6 Å². The maximum absolute atomic E-state index is 13.5. The van der Waals surface area contributed by atoms with Gasteiger partial charge >= 0.3 is 0 Å². The van der Waals surface area contributed by atoms with E-state index < -0.39 is 10.0 Å². The van der Waals surface area contributed by atoms with Crippen molar-refractivity contribution in [2.45, 2.75) is 10.9 Å². The third-order valence-electron chi connectivity index (χ3n) is 5.41. The number of halogens is 6. The molecule has 0 N–H and O–H groups in total. The standard InChI is InChI=1S/C22H16Cl6N2O2S/c23-14-3-1-13(2-4-14)21-12-29(7-8-30(21)20-6-5-15(24)9-18(20)27)33(31,32)22-11-17(26)16(25)10-19(22)28/h1-6,9-11,21H,7-8,12H2. The number of anilines is 1. The molecule has 0 amide bonds. The maximum atomic E-state index is 13.5. The van der Waals surface area contributed by atoms with Crippen molar-refractivity contribution in [3.05, 3.63) is 90.3 Å². The lowest BCUT2D eigenvalue weighted by molar-refractivity contribution is 0.335. The van der Waals surface area contributed by atoms with Crippen LogP contribution in [0.1, 0.15) is 11.6 Å². The molecule has 0 saturated carbocycles. The highest BCUT2D eigenvalue weighted by Gasteiger charge is 2.37. The summed E-state index contributed by atoms with van der Waals surface area (Å²) in [6.07, 6.45) is 0. The molecule has 4 rings (SSSR count). The van der Waals surface area contributed by atoms with Gasteiger partial charge in [-0.05, 0) is 48.0 Å². The molecule has 0 aliphatic carbocycles. The van der Waals surface area contributed by atoms with E-state index in [1.807, 2.05) is 18.2 Å². The average molecular weight is 585 g/mol. The molecular weight excluding hydrogens is 569 g/mol. The van der Waals surface area contributed by atoms with Crippen molar-refractivity contribution in [2.75, 3.05) is 24.5 Å². The summed E-state index contributed by atoms with van der Waals surface area (Å²) < 4.78 is 28.4. The second kappa shape index (κ2) is 10.00. The largest absolute Gasteiger partial charge is 0.361 e. The van der Waals surface area contributed by atoms with Gasteiger partial charge in [0, 0.05) is 29.7 Å². The van der Waals surface area contributed by atoms with Crippen molar-refractivity contribution < 1.29 is 8.42 Å². The molecule has 4 nitrogen and oxygen atoms in total. The van der Waals surface area contributed by atoms with Gasteiger partial charge in [0.15, 0.2) is 0 Å². The van der Waals surface area contributed by atoms with Gasteiger partial charge in [-0.2, -0.15) is 4.31 Å². The van der Waals surface area contributed by atoms with Crippen molar-refractivity contribution in [2.24, 2.45) is 0 Å². The van der Waals surface area contributed by atoms with E-state index in [1.165, 1.54) is 16.4 Å². The van der Waals surface area contributed by atoms with Crippen LogP contribution in [0.15, 0.2) is 59.5 Å². The average Bonchev–Trinajstić information content (AvgIpc) is 2.76. The number of rotatable bonds is 4. The number of piperazine rings is 1. The molecular formula is C22H16Cl6N2O2S. The van der Waals surface area contributed by atoms with Crippen LogP contribution in [0.2, 0.25) is 30.1 Å². The molecule has 1 heterocycles. The van der Waals surface area contributed by atoms with E-state index in [0.717, 1.165) is 11.3 Å². The van der Waals surface area contributed by atoms with Gasteiger partial charge in [-0.3, -0.25) is 0 Å². The Morgan fingerprint density at radius 1 is 0.697 bits per heavy atom. The first kappa shape index (κ1) is 25.2. The number of hydrogen-bond donors (Lipinski definition) is 0. The van der Waals surface area contributed by atoms with Gasteiger partial charge in [0.05, 0.1) is 31.8 Å². The highest BCUT2D eigenvalue weighted by molar-refractivity contribution is 7.89. The smallest absolute Gasteiger partial charge is 0.244 e. The predicted octanol–water partition coefficient (Wildman–Crippen LogP) is 7.86. The van der Waals surface area contributed by atoms with Crippen LogP contribution in [0.3, 0.4) is 0 Å². The highest BCUT2D eigenvalue weighted by atomic mass is 35.5. The minimum absolute atomic E-state index is 0.00983. The van der Waals surface area contributed by atoms with Crippen molar-refractivity contribution in [1.29, 1.82) is 0 Å². The van der Waals surface area contributed by atoms with Crippen molar-refractivity contribution in [3.8, 4) is 0 Å². The molecule has 1 atom stereocenters. The summed E-state index contributed by atoms with van der Waals surface area (Å²) in [4.78, 5) is 1.97. The molecule has 1 aliphatic heterocycles. The van der Waals surface area contributed by atoms with E-state index in [4.69, 9.17) is 69.6 Å². The van der Waals surface area contributed by atoms with Crippen LogP contribution < -0.4 is 4.90 Å². The second-order valence-corrected chi connectivity index (χ2v) is 11.8. The predicted molar refractivity (Wildman–Crippen MR) is 138 cm³/mol. The maximum Gasteiger partial charge on any atom is 0.244 e. The Bertz CT molecular complexity index is 1300. The van der Waals surface area contributed by atoms with E-state index in [-0.39, 0.29) is 39.1 Å². The zero-order valence-corrected chi connectivity index (χ0v) is 22.1. The Kier molecular flexibility index (Phi) is 7.64. The Hall–Kier alpha value is -0.890. The summed E-state index contributed by atoms with van der Waals surface area (Å²) >= 11 is 37.0. The molecule has 3 aromatic rings. The van der Waals surface area contributed by atoms with E-state index in [9.17, 15) is 8.42 Å². The van der Waals surface area contributed by atoms with Crippen molar-refractivity contribution >= 4 is 85.3 Å². The zero-order chi connectivity index (χ0) is 23.9. The Labute approximate surface area is 222 Å². The Balaban J connectivity index is 1.75. The van der Waals surface area contributed by atoms with Crippen LogP contribution in [-0.2, 0) is 10.0 Å². The van der Waals surface area contributed by atoms with Crippen LogP contribution in [0.4, 0.5) is 5.69 Å². The minimum Gasteiger partial charge on any atom is -0.361 e. The lowest BCUT2D eigenvalue weighted by Crippen LogP contribution is -2.50. The molecule has 1 fully saturated rings. The highest BCUT2D eigenvalue weighted by Crippen LogP contribution is 2.39. The topological polar surface area (TPSA) is 40.6 Å². The van der Waals surface area contributed by atoms with Crippen LogP contribution >= 0.6 is 69.6 Å². The van der Waals surface area contributed by atoms with Gasteiger partial charge in [-0.25, -0.2) is 8.42 Å². The van der Waals surface area contributed by atoms with Gasteiger partial charge < -0.3 is 4.90 Å². The molecule has 1 unspecified atom stereocenters. The fourth-order valence-corrected chi connectivity index (χ4v) is 6.85. The van der Waals surface area contributed by atoms with Crippen LogP contribution in [0.25, 0.3) is 0 Å². The minimum atomic E-state index is -3.95. The second-order valence-electron chi connectivity index (χ2n) is 7.42. The number of nitrogens with zero attached hydrogens (tertiary/aromatic N) is 2. The lowest BCUT2D eigenvalue weighted by Gasteiger charge is -2.42. The van der Waals surface area contributed by atoms with E-state index in [2.05, 4.69) is 4.90 Å². The summed E-state index contributed by atoms with van der Waals surface area (Å²) in [5.41, 5.74) is 1.64. The third kappa shape index (κ3) is 5.21. The first-order valence-electron chi connectivity index (χ1n) is 9.70. The van der Waals surface area contributed by atoms with Crippen LogP contribution in [0.5, 0.6) is 0 Å². The molecule has 0 radical (unpaired) electrons. The number of benzene rings is 3. The fraction of sp³-hybridized carbons (Fsp3) is 0.182. The molecule has 0 aromatic heterocycles. The molecule has 1 saturated heterocycles. The molecule has 3 aromatic carbocycles. The van der Waals surface area contributed by atoms with Gasteiger partial charge in [-0.15, -0.1) is 0 Å².